The quantitative estimate of drug-likeness (QED) is 0.672. The number of ether oxygens (including phenoxy) is 1. The lowest BCUT2D eigenvalue weighted by atomic mass is 9.91. The maximum atomic E-state index is 14.5. The van der Waals surface area contributed by atoms with Gasteiger partial charge in [0.25, 0.3) is 5.92 Å². The lowest BCUT2D eigenvalue weighted by Crippen LogP contribution is -2.51. The SMILES string of the molecule is CN1CC2(COc3cc(-c4nc(N5CC(O)C5)nc5c4CCC5(F)F)ccc32)N[PH]1=O. The fourth-order valence-corrected chi connectivity index (χ4v) is 6.22. The van der Waals surface area contributed by atoms with Gasteiger partial charge in [-0.3, -0.25) is 4.57 Å². The zero-order valence-corrected chi connectivity index (χ0v) is 17.9. The zero-order valence-electron chi connectivity index (χ0n) is 16.9. The summed E-state index contributed by atoms with van der Waals surface area (Å²) >= 11 is 0. The molecule has 2 aromatic rings. The number of likely N-dealkylation sites (N-methyl/N-ethyl adjacent to an activating group) is 1. The number of alkyl halides is 2. The number of benzene rings is 1. The Kier molecular flexibility index (Phi) is 4.06. The smallest absolute Gasteiger partial charge is 0.290 e. The van der Waals surface area contributed by atoms with Gasteiger partial charge in [0.15, 0.2) is 0 Å². The van der Waals surface area contributed by atoms with E-state index in [0.717, 1.165) is 5.56 Å². The Hall–Kier alpha value is -2.13. The molecule has 4 aliphatic rings. The molecule has 164 valence electrons. The van der Waals surface area contributed by atoms with Gasteiger partial charge in [-0.15, -0.1) is 0 Å². The Bertz CT molecular complexity index is 1130. The van der Waals surface area contributed by atoms with Crippen LogP contribution in [0.4, 0.5) is 14.7 Å². The third kappa shape index (κ3) is 2.85. The predicted molar refractivity (Wildman–Crippen MR) is 110 cm³/mol. The minimum absolute atomic E-state index is 0.205. The van der Waals surface area contributed by atoms with E-state index in [1.807, 2.05) is 25.2 Å². The first-order valence-corrected chi connectivity index (χ1v) is 11.6. The molecule has 0 saturated carbocycles. The highest BCUT2D eigenvalue weighted by Crippen LogP contribution is 2.49. The molecule has 3 aliphatic heterocycles. The van der Waals surface area contributed by atoms with Gasteiger partial charge in [-0.1, -0.05) is 12.1 Å². The number of aromatic nitrogens is 2. The molecule has 1 aliphatic carbocycles. The normalized spacial score (nSPS) is 29.2. The van der Waals surface area contributed by atoms with Crippen molar-refractivity contribution in [2.24, 2.45) is 0 Å². The fourth-order valence-electron chi connectivity index (χ4n) is 4.92. The first kappa shape index (κ1) is 19.5. The molecule has 4 heterocycles. The van der Waals surface area contributed by atoms with Crippen molar-refractivity contribution in [2.75, 3.05) is 38.2 Å². The van der Waals surface area contributed by atoms with E-state index in [9.17, 15) is 18.5 Å². The molecule has 2 fully saturated rings. The predicted octanol–water partition coefficient (Wildman–Crippen LogP) is 1.87. The Morgan fingerprint density at radius 3 is 2.84 bits per heavy atom. The number of anilines is 1. The molecule has 1 spiro atoms. The van der Waals surface area contributed by atoms with Gasteiger partial charge in [0, 0.05) is 42.7 Å². The monoisotopic (exact) mass is 449 g/mol. The number of aliphatic hydroxyl groups is 1. The van der Waals surface area contributed by atoms with Gasteiger partial charge in [0.05, 0.1) is 11.8 Å². The molecule has 31 heavy (non-hydrogen) atoms. The van der Waals surface area contributed by atoms with Gasteiger partial charge in [-0.05, 0) is 19.5 Å². The molecule has 8 nitrogen and oxygen atoms in total. The van der Waals surface area contributed by atoms with Crippen molar-refractivity contribution in [3.8, 4) is 17.0 Å². The second kappa shape index (κ2) is 6.45. The summed E-state index contributed by atoms with van der Waals surface area (Å²) in [5.41, 5.74) is 1.82. The number of fused-ring (bicyclic) bond motifs is 3. The number of aliphatic hydroxyl groups excluding tert-OH is 1. The van der Waals surface area contributed by atoms with Crippen molar-refractivity contribution in [1.29, 1.82) is 0 Å². The highest BCUT2D eigenvalue weighted by Gasteiger charge is 2.48. The fraction of sp³-hybridized carbons (Fsp3) is 0.500. The van der Waals surface area contributed by atoms with Crippen LogP contribution in [0.15, 0.2) is 18.2 Å². The van der Waals surface area contributed by atoms with Crippen LogP contribution in [0.25, 0.3) is 11.3 Å². The van der Waals surface area contributed by atoms with Crippen molar-refractivity contribution < 1.29 is 23.2 Å². The van der Waals surface area contributed by atoms with E-state index in [4.69, 9.17) is 4.74 Å². The average molecular weight is 449 g/mol. The summed E-state index contributed by atoms with van der Waals surface area (Å²) in [6.07, 6.45) is -0.572. The van der Waals surface area contributed by atoms with E-state index in [-0.39, 0.29) is 24.5 Å². The van der Waals surface area contributed by atoms with Crippen molar-refractivity contribution in [1.82, 2.24) is 19.7 Å². The number of hydrogen-bond donors (Lipinski definition) is 2. The summed E-state index contributed by atoms with van der Waals surface area (Å²) in [6, 6.07) is 5.60. The van der Waals surface area contributed by atoms with Crippen LogP contribution in [0, 0.1) is 0 Å². The molecule has 0 radical (unpaired) electrons. The summed E-state index contributed by atoms with van der Waals surface area (Å²) in [5, 5.41) is 12.8. The van der Waals surface area contributed by atoms with Crippen LogP contribution >= 0.6 is 8.10 Å². The van der Waals surface area contributed by atoms with Gasteiger partial charge >= 0.3 is 0 Å². The summed E-state index contributed by atoms with van der Waals surface area (Å²) in [4.78, 5) is 10.5. The van der Waals surface area contributed by atoms with Crippen LogP contribution in [0.2, 0.25) is 0 Å². The lowest BCUT2D eigenvalue weighted by molar-refractivity contribution is -0.00597. The first-order valence-electron chi connectivity index (χ1n) is 10.3. The zero-order chi connectivity index (χ0) is 21.5. The number of nitrogens with one attached hydrogen (secondary N) is 1. The van der Waals surface area contributed by atoms with E-state index in [1.54, 1.807) is 9.57 Å². The second-order valence-electron chi connectivity index (χ2n) is 8.83. The maximum Gasteiger partial charge on any atom is 0.290 e. The van der Waals surface area contributed by atoms with E-state index in [1.165, 1.54) is 0 Å². The Labute approximate surface area is 178 Å². The van der Waals surface area contributed by atoms with Crippen LogP contribution in [0.5, 0.6) is 5.75 Å². The van der Waals surface area contributed by atoms with Crippen LogP contribution in [-0.2, 0) is 22.4 Å². The van der Waals surface area contributed by atoms with Crippen LogP contribution in [-0.4, -0.2) is 59.1 Å². The minimum Gasteiger partial charge on any atom is -0.491 e. The minimum atomic E-state index is -2.99. The van der Waals surface area contributed by atoms with Gasteiger partial charge < -0.3 is 14.7 Å². The summed E-state index contributed by atoms with van der Waals surface area (Å²) in [7, 11) is -0.228. The molecule has 1 aromatic heterocycles. The van der Waals surface area contributed by atoms with E-state index in [2.05, 4.69) is 15.1 Å². The summed E-state index contributed by atoms with van der Waals surface area (Å²) in [6.45, 7) is 1.60. The van der Waals surface area contributed by atoms with E-state index in [0.29, 0.717) is 48.8 Å². The van der Waals surface area contributed by atoms with Crippen molar-refractivity contribution in [2.45, 2.75) is 30.4 Å². The third-order valence-corrected chi connectivity index (χ3v) is 8.16. The largest absolute Gasteiger partial charge is 0.491 e. The second-order valence-corrected chi connectivity index (χ2v) is 10.5. The number of nitrogens with zero attached hydrogens (tertiary/aromatic N) is 4. The van der Waals surface area contributed by atoms with Gasteiger partial charge in [-0.25, -0.2) is 19.7 Å². The van der Waals surface area contributed by atoms with E-state index < -0.39 is 25.7 Å². The Morgan fingerprint density at radius 1 is 1.32 bits per heavy atom. The molecule has 11 heteroatoms. The van der Waals surface area contributed by atoms with Crippen molar-refractivity contribution in [3.05, 3.63) is 35.0 Å². The Morgan fingerprint density at radius 2 is 2.13 bits per heavy atom. The average Bonchev–Trinajstić information content (AvgIpc) is 3.32. The molecular weight excluding hydrogens is 427 g/mol. The molecule has 2 N–H and O–H groups in total. The van der Waals surface area contributed by atoms with Crippen molar-refractivity contribution >= 4 is 14.1 Å². The van der Waals surface area contributed by atoms with Crippen molar-refractivity contribution in [3.63, 3.8) is 0 Å². The van der Waals surface area contributed by atoms with Crippen LogP contribution in [0.1, 0.15) is 23.2 Å². The third-order valence-electron chi connectivity index (χ3n) is 6.62. The van der Waals surface area contributed by atoms with Crippen LogP contribution < -0.4 is 14.7 Å². The standard InChI is InChI=1S/C20H22F2N5O3P/c1-26-9-19(25-31(26)29)10-30-15-6-11(2-3-14(15)19)16-13-4-5-20(21,22)17(13)24-18(23-16)27-7-12(28)8-27/h2-3,6,12,28,31H,4-5,7-10H2,1H3,(H,25,29). The molecule has 1 aromatic carbocycles. The maximum absolute atomic E-state index is 14.5. The van der Waals surface area contributed by atoms with Gasteiger partial charge in [0.1, 0.15) is 23.6 Å². The van der Waals surface area contributed by atoms with Crippen LogP contribution in [0.3, 0.4) is 0 Å². The molecular formula is C20H22F2N5O3P. The number of rotatable bonds is 2. The summed E-state index contributed by atoms with van der Waals surface area (Å²) < 4.78 is 49.0. The lowest BCUT2D eigenvalue weighted by Gasteiger charge is -2.36. The van der Waals surface area contributed by atoms with Gasteiger partial charge in [-0.2, -0.15) is 8.78 Å². The molecule has 2 unspecified atom stereocenters. The highest BCUT2D eigenvalue weighted by atomic mass is 31.1. The molecule has 6 rings (SSSR count). The number of halogens is 2. The topological polar surface area (TPSA) is 90.8 Å². The summed E-state index contributed by atoms with van der Waals surface area (Å²) in [5.74, 6) is -2.13. The number of hydrogen-bond acceptors (Lipinski definition) is 6. The van der Waals surface area contributed by atoms with Gasteiger partial charge in [0.2, 0.25) is 14.1 Å². The Balaban J connectivity index is 1.44. The molecule has 2 saturated heterocycles. The number of β-amino-alcohol motifs (C(OH)–C–C–N with tert-alkyl or cyclic N) is 1. The molecule has 0 bridgehead atoms. The first-order chi connectivity index (χ1) is 14.8. The molecule has 2 atom stereocenters. The van der Waals surface area contributed by atoms with E-state index >= 15 is 0 Å². The highest BCUT2D eigenvalue weighted by molar-refractivity contribution is 7.40. The molecule has 0 amide bonds.